The first-order valence-electron chi connectivity index (χ1n) is 5.44. The van der Waals surface area contributed by atoms with Crippen LogP contribution in [0.2, 0.25) is 0 Å². The highest BCUT2D eigenvalue weighted by atomic mass is 15.4. The van der Waals surface area contributed by atoms with Crippen molar-refractivity contribution in [1.82, 2.24) is 24.7 Å². The third-order valence-electron chi connectivity index (χ3n) is 2.57. The minimum Gasteiger partial charge on any atom is -0.368 e. The molecule has 6 nitrogen and oxygen atoms in total. The second-order valence-corrected chi connectivity index (χ2v) is 3.73. The smallest absolute Gasteiger partial charge is 0.232 e. The molecule has 86 valence electrons. The molecule has 0 spiro atoms. The van der Waals surface area contributed by atoms with Crippen LogP contribution in [0.5, 0.6) is 0 Å². The van der Waals surface area contributed by atoms with E-state index in [-0.39, 0.29) is 0 Å². The number of H-pyrrole nitrogens is 1. The van der Waals surface area contributed by atoms with Gasteiger partial charge >= 0.3 is 0 Å². The van der Waals surface area contributed by atoms with Crippen molar-refractivity contribution < 1.29 is 0 Å². The fourth-order valence-corrected chi connectivity index (χ4v) is 1.71. The van der Waals surface area contributed by atoms with Gasteiger partial charge in [-0.25, -0.2) is 4.98 Å². The van der Waals surface area contributed by atoms with Gasteiger partial charge in [-0.05, 0) is 12.1 Å². The molecule has 2 heterocycles. The Bertz CT molecular complexity index is 632. The zero-order valence-corrected chi connectivity index (χ0v) is 9.38. The number of nitrogens with one attached hydrogen (secondary N) is 1. The second kappa shape index (κ2) is 3.58. The predicted molar refractivity (Wildman–Crippen MR) is 64.8 cm³/mol. The number of nitrogens with zero attached hydrogens (tertiary/aromatic N) is 4. The molecule has 0 aliphatic rings. The molecule has 0 atom stereocenters. The molecule has 0 fully saturated rings. The van der Waals surface area contributed by atoms with Crippen molar-refractivity contribution >= 4 is 17.0 Å². The van der Waals surface area contributed by atoms with Gasteiger partial charge < -0.3 is 10.7 Å². The van der Waals surface area contributed by atoms with Crippen LogP contribution in [-0.2, 0) is 6.42 Å². The Hall–Kier alpha value is -2.37. The van der Waals surface area contributed by atoms with E-state index in [2.05, 4.69) is 20.1 Å². The van der Waals surface area contributed by atoms with Crippen LogP contribution in [0.3, 0.4) is 0 Å². The Balaban J connectivity index is 2.16. The van der Waals surface area contributed by atoms with E-state index in [0.29, 0.717) is 17.7 Å². The first-order chi connectivity index (χ1) is 8.28. The molecule has 1 aromatic carbocycles. The summed E-state index contributed by atoms with van der Waals surface area (Å²) < 4.78 is 1.53. The van der Waals surface area contributed by atoms with Crippen molar-refractivity contribution in [2.24, 2.45) is 0 Å². The number of hydrogen-bond acceptors (Lipinski definition) is 4. The summed E-state index contributed by atoms with van der Waals surface area (Å²) >= 11 is 0. The van der Waals surface area contributed by atoms with Crippen LogP contribution in [0, 0.1) is 0 Å². The number of benzene rings is 1. The van der Waals surface area contributed by atoms with Crippen LogP contribution in [0.4, 0.5) is 5.95 Å². The number of aromatic nitrogens is 5. The minimum atomic E-state index is 0.348. The van der Waals surface area contributed by atoms with Crippen molar-refractivity contribution in [2.75, 3.05) is 5.73 Å². The summed E-state index contributed by atoms with van der Waals surface area (Å²) in [6.45, 7) is 1.98. The van der Waals surface area contributed by atoms with E-state index in [1.165, 1.54) is 4.68 Å². The third-order valence-corrected chi connectivity index (χ3v) is 2.57. The summed E-state index contributed by atoms with van der Waals surface area (Å²) in [6.07, 6.45) is 0.747. The topological polar surface area (TPSA) is 85.4 Å². The number of imidazole rings is 1. The van der Waals surface area contributed by atoms with Crippen molar-refractivity contribution in [2.45, 2.75) is 13.3 Å². The first kappa shape index (κ1) is 9.83. The Labute approximate surface area is 97.5 Å². The number of rotatable bonds is 2. The van der Waals surface area contributed by atoms with Gasteiger partial charge in [-0.2, -0.15) is 9.67 Å². The SMILES string of the molecule is CCc1nc(N)n(-c2nc3ccccc3[nH]2)n1. The number of fused-ring (bicyclic) bond motifs is 1. The van der Waals surface area contributed by atoms with E-state index in [0.717, 1.165) is 17.5 Å². The maximum absolute atomic E-state index is 5.80. The van der Waals surface area contributed by atoms with Crippen molar-refractivity contribution in [3.63, 3.8) is 0 Å². The largest absolute Gasteiger partial charge is 0.368 e. The van der Waals surface area contributed by atoms with E-state index >= 15 is 0 Å². The molecule has 0 unspecified atom stereocenters. The van der Waals surface area contributed by atoms with E-state index in [1.807, 2.05) is 31.2 Å². The lowest BCUT2D eigenvalue weighted by Gasteiger charge is -1.94. The van der Waals surface area contributed by atoms with Crippen LogP contribution < -0.4 is 5.73 Å². The summed E-state index contributed by atoms with van der Waals surface area (Å²) in [5.74, 6) is 1.65. The van der Waals surface area contributed by atoms with Crippen LogP contribution in [-0.4, -0.2) is 24.7 Å². The van der Waals surface area contributed by atoms with Gasteiger partial charge in [-0.1, -0.05) is 19.1 Å². The van der Waals surface area contributed by atoms with E-state index in [1.54, 1.807) is 0 Å². The van der Waals surface area contributed by atoms with Crippen molar-refractivity contribution in [3.8, 4) is 5.95 Å². The van der Waals surface area contributed by atoms with Crippen LogP contribution in [0.25, 0.3) is 17.0 Å². The van der Waals surface area contributed by atoms with Gasteiger partial charge in [0.1, 0.15) is 0 Å². The summed E-state index contributed by atoms with van der Waals surface area (Å²) in [5.41, 5.74) is 7.64. The minimum absolute atomic E-state index is 0.348. The zero-order valence-electron chi connectivity index (χ0n) is 9.38. The van der Waals surface area contributed by atoms with Gasteiger partial charge in [-0.15, -0.1) is 5.10 Å². The lowest BCUT2D eigenvalue weighted by Crippen LogP contribution is -2.04. The number of para-hydroxylation sites is 2. The molecule has 0 aliphatic heterocycles. The molecule has 3 N–H and O–H groups in total. The maximum Gasteiger partial charge on any atom is 0.232 e. The summed E-state index contributed by atoms with van der Waals surface area (Å²) in [6, 6.07) is 7.78. The molecule has 2 aromatic heterocycles. The zero-order chi connectivity index (χ0) is 11.8. The number of aromatic amines is 1. The Morgan fingerprint density at radius 3 is 2.82 bits per heavy atom. The van der Waals surface area contributed by atoms with Crippen molar-refractivity contribution in [3.05, 3.63) is 30.1 Å². The maximum atomic E-state index is 5.80. The molecular weight excluding hydrogens is 216 g/mol. The lowest BCUT2D eigenvalue weighted by molar-refractivity contribution is 0.808. The first-order valence-corrected chi connectivity index (χ1v) is 5.44. The average molecular weight is 228 g/mol. The van der Waals surface area contributed by atoms with E-state index < -0.39 is 0 Å². The predicted octanol–water partition coefficient (Wildman–Crippen LogP) is 1.29. The third kappa shape index (κ3) is 1.54. The van der Waals surface area contributed by atoms with Crippen LogP contribution >= 0.6 is 0 Å². The number of nitrogens with two attached hydrogens (primary N) is 1. The molecule has 6 heteroatoms. The fraction of sp³-hybridized carbons (Fsp3) is 0.182. The molecule has 0 amide bonds. The van der Waals surface area contributed by atoms with Gasteiger partial charge in [0.25, 0.3) is 0 Å². The molecule has 0 bridgehead atoms. The summed E-state index contributed by atoms with van der Waals surface area (Å²) in [7, 11) is 0. The molecule has 3 rings (SSSR count). The normalized spacial score (nSPS) is 11.1. The molecular formula is C11H12N6. The van der Waals surface area contributed by atoms with Gasteiger partial charge in [0.2, 0.25) is 11.9 Å². The fourth-order valence-electron chi connectivity index (χ4n) is 1.71. The van der Waals surface area contributed by atoms with Gasteiger partial charge in [-0.3, -0.25) is 0 Å². The molecule has 0 radical (unpaired) electrons. The Morgan fingerprint density at radius 2 is 2.12 bits per heavy atom. The van der Waals surface area contributed by atoms with E-state index in [4.69, 9.17) is 5.73 Å². The molecule has 0 aliphatic carbocycles. The molecule has 17 heavy (non-hydrogen) atoms. The molecule has 3 aromatic rings. The summed E-state index contributed by atoms with van der Waals surface area (Å²) in [5, 5.41) is 4.28. The molecule has 0 saturated heterocycles. The number of nitrogen functional groups attached to an aromatic ring is 1. The second-order valence-electron chi connectivity index (χ2n) is 3.73. The lowest BCUT2D eigenvalue weighted by atomic mass is 10.3. The number of anilines is 1. The Kier molecular flexibility index (Phi) is 2.07. The van der Waals surface area contributed by atoms with Crippen LogP contribution in [0.15, 0.2) is 24.3 Å². The highest BCUT2D eigenvalue weighted by molar-refractivity contribution is 5.76. The standard InChI is InChI=1S/C11H12N6/c1-2-9-15-10(12)17(16-9)11-13-7-5-3-4-6-8(7)14-11/h3-6H,2H2,1H3,(H,13,14)(H2,12,15,16). The highest BCUT2D eigenvalue weighted by Crippen LogP contribution is 2.14. The average Bonchev–Trinajstić information content (AvgIpc) is 2.91. The molecule has 0 saturated carbocycles. The van der Waals surface area contributed by atoms with Gasteiger partial charge in [0, 0.05) is 6.42 Å². The summed E-state index contributed by atoms with van der Waals surface area (Å²) in [4.78, 5) is 11.7. The van der Waals surface area contributed by atoms with E-state index in [9.17, 15) is 0 Å². The quantitative estimate of drug-likeness (QED) is 0.692. The number of hydrogen-bond donors (Lipinski definition) is 2. The van der Waals surface area contributed by atoms with Gasteiger partial charge in [0.05, 0.1) is 11.0 Å². The van der Waals surface area contributed by atoms with Gasteiger partial charge in [0.15, 0.2) is 5.82 Å². The number of aryl methyl sites for hydroxylation is 1. The van der Waals surface area contributed by atoms with Crippen LogP contribution in [0.1, 0.15) is 12.7 Å². The monoisotopic (exact) mass is 228 g/mol. The van der Waals surface area contributed by atoms with Crippen molar-refractivity contribution in [1.29, 1.82) is 0 Å². The highest BCUT2D eigenvalue weighted by Gasteiger charge is 2.11. The Morgan fingerprint density at radius 1 is 1.29 bits per heavy atom.